The number of hydrogen-bond donors (Lipinski definition) is 16. The lowest BCUT2D eigenvalue weighted by Crippen LogP contribution is -2.64. The topological polar surface area (TPSA) is 571 Å². The molecule has 2 aliphatic heterocycles. The van der Waals surface area contributed by atoms with Crippen molar-refractivity contribution in [3.8, 4) is 11.5 Å². The molecule has 5 aromatic carbocycles. The van der Waals surface area contributed by atoms with Gasteiger partial charge in [-0.25, -0.2) is 13.2 Å². The fourth-order valence-electron chi connectivity index (χ4n) is 15.6. The average molecular weight is 1900 g/mol. The molecule has 2 saturated heterocycles. The maximum absolute atomic E-state index is 15.8. The summed E-state index contributed by atoms with van der Waals surface area (Å²) in [7, 11) is 4.88. The number of fused-ring (bicyclic) bond motifs is 2. The number of nitrogens with two attached hydrogens (primary N) is 3. The van der Waals surface area contributed by atoms with E-state index in [9.17, 15) is 53.3 Å². The van der Waals surface area contributed by atoms with Crippen LogP contribution in [0.15, 0.2) is 121 Å². The number of methoxy groups -OCH3 is 1. The molecule has 3 heterocycles. The van der Waals surface area contributed by atoms with Crippen LogP contribution < -0.4 is 65.1 Å². The Morgan fingerprint density at radius 2 is 1.13 bits per heavy atom. The molecule has 43 heteroatoms. The Morgan fingerprint density at radius 3 is 1.74 bits per heavy atom. The summed E-state index contributed by atoms with van der Waals surface area (Å²) in [5.41, 5.74) is 19.4. The van der Waals surface area contributed by atoms with E-state index in [1.54, 1.807) is 67.7 Å². The summed E-state index contributed by atoms with van der Waals surface area (Å²) >= 11 is 0.631. The Labute approximate surface area is 782 Å². The van der Waals surface area contributed by atoms with Crippen molar-refractivity contribution in [2.45, 2.75) is 183 Å². The molecule has 0 radical (unpaired) electrons. The highest BCUT2D eigenvalue weighted by Crippen LogP contribution is 2.27. The molecular formula is C92H121F3N18O21S. The molecule has 0 bridgehead atoms. The van der Waals surface area contributed by atoms with Crippen molar-refractivity contribution < 1.29 is 115 Å². The number of para-hydroxylation sites is 1. The molecule has 1 aromatic heterocycles. The third-order valence-corrected chi connectivity index (χ3v) is 24.3. The number of aliphatic carboxylic acids is 1. The Balaban J connectivity index is 1.25. The first-order valence-electron chi connectivity index (χ1n) is 44.2. The number of primary amides is 1. The number of nitrogens with zero attached hydrogens (tertiary/aromatic N) is 5. The number of nitrogens with one attached hydrogen (secondary N) is 10. The number of aromatic amines is 1. The first kappa shape index (κ1) is 107. The second-order valence-corrected chi connectivity index (χ2v) is 34.5. The van der Waals surface area contributed by atoms with Gasteiger partial charge in [-0.2, -0.15) is 0 Å². The van der Waals surface area contributed by atoms with Gasteiger partial charge in [-0.15, -0.1) is 11.8 Å². The predicted octanol–water partition coefficient (Wildman–Crippen LogP) is -0.283. The molecule has 39 nitrogen and oxygen atoms in total. The van der Waals surface area contributed by atoms with Gasteiger partial charge in [0.25, 0.3) is 0 Å². The van der Waals surface area contributed by atoms with Crippen LogP contribution in [0.4, 0.5) is 13.2 Å². The summed E-state index contributed by atoms with van der Waals surface area (Å²) in [6.45, 7) is 3.33. The zero-order chi connectivity index (χ0) is 99.0. The number of unbranched alkanes of at least 4 members (excludes halogenated alkanes) is 1. The van der Waals surface area contributed by atoms with Crippen LogP contribution in [0.5, 0.6) is 11.5 Å². The molecule has 19 N–H and O–H groups in total. The molecule has 6 aromatic rings. The largest absolute Gasteiger partial charge is 0.508 e. The van der Waals surface area contributed by atoms with E-state index in [0.717, 1.165) is 31.5 Å². The lowest BCUT2D eigenvalue weighted by Gasteiger charge is -2.39. The molecule has 0 saturated carbocycles. The fourth-order valence-corrected chi connectivity index (χ4v) is 16.5. The van der Waals surface area contributed by atoms with Crippen LogP contribution in [0.1, 0.15) is 100 Å². The van der Waals surface area contributed by atoms with Crippen molar-refractivity contribution in [2.24, 2.45) is 23.1 Å². The summed E-state index contributed by atoms with van der Waals surface area (Å²) in [5.74, 6) is -25.0. The van der Waals surface area contributed by atoms with E-state index in [1.807, 2.05) is 0 Å². The minimum absolute atomic E-state index is 0.0138. The van der Waals surface area contributed by atoms with Crippen LogP contribution in [0.3, 0.4) is 0 Å². The monoisotopic (exact) mass is 1900 g/mol. The molecule has 0 aliphatic carbocycles. The molecule has 8 rings (SSSR count). The van der Waals surface area contributed by atoms with Gasteiger partial charge in [-0.3, -0.25) is 76.7 Å². The van der Waals surface area contributed by atoms with Gasteiger partial charge in [0.1, 0.15) is 90.0 Å². The summed E-state index contributed by atoms with van der Waals surface area (Å²) in [5, 5.41) is 55.0. The Morgan fingerprint density at radius 1 is 0.570 bits per heavy atom. The number of halogens is 3. The molecule has 135 heavy (non-hydrogen) atoms. The second-order valence-electron chi connectivity index (χ2n) is 33.5. The highest BCUT2D eigenvalue weighted by molar-refractivity contribution is 8.00. The SMILES string of the molecule is CCCC[C@H]1C(=O)N(CCOC)[C@H](C)C(=O)N[C@@H](CC(=O)O)C(=O)N[C@@H](C(C)C)C(=O)N(C)[C@@H](Cc2ccccc2)C(=O)N[C@@H](CCN)C(=O)N2CCOC[C@@H]2C(=O)N[C@@H](Cc2c[nH]c3ccccc23)C(=O)N[C@@H](Cc2ccc(O)cc2)C(=O)N[C@@H](CCCN)C(=O)N[C@H](C(=O)NCC(N)=O)CSCC(=O)N[C@@H](Cc2cc(F)c(F)c(F)c2)C(=O)N(C)[C@@H](Cc2ccc(O)cc2)C(=O)N1C. The predicted molar refractivity (Wildman–Crippen MR) is 488 cm³/mol. The molecule has 2 fully saturated rings. The van der Waals surface area contributed by atoms with Crippen molar-refractivity contribution in [3.63, 3.8) is 0 Å². The van der Waals surface area contributed by atoms with Crippen LogP contribution in [0.2, 0.25) is 0 Å². The molecule has 2 aliphatic rings. The number of amides is 15. The van der Waals surface area contributed by atoms with Crippen molar-refractivity contribution >= 4 is 117 Å². The minimum atomic E-state index is -2.02. The molecular weight excluding hydrogens is 1780 g/mol. The zero-order valence-electron chi connectivity index (χ0n) is 76.4. The number of H-pyrrole nitrogens is 1. The van der Waals surface area contributed by atoms with Crippen LogP contribution in [-0.4, -0.2) is 310 Å². The number of carboxylic acid groups (broad SMARTS) is 1. The fraction of sp³-hybridized carbons (Fsp3) is 0.478. The highest BCUT2D eigenvalue weighted by atomic mass is 32.2. The number of benzene rings is 5. The highest BCUT2D eigenvalue weighted by Gasteiger charge is 2.45. The third-order valence-electron chi connectivity index (χ3n) is 23.3. The van der Waals surface area contributed by atoms with E-state index in [-0.39, 0.29) is 101 Å². The van der Waals surface area contributed by atoms with Gasteiger partial charge < -0.3 is 119 Å². The molecule has 732 valence electrons. The normalized spacial score (nSPS) is 23.1. The van der Waals surface area contributed by atoms with Crippen molar-refractivity contribution in [1.29, 1.82) is 0 Å². The van der Waals surface area contributed by atoms with Gasteiger partial charge in [0, 0.05) is 96.3 Å². The zero-order valence-corrected chi connectivity index (χ0v) is 77.2. The number of aromatic hydroxyl groups is 2. The quantitative estimate of drug-likeness (QED) is 0.0295. The number of phenolic OH excluding ortho intramolecular Hbond substituents is 2. The number of morpholine rings is 1. The maximum Gasteiger partial charge on any atom is 0.305 e. The standard InChI is InChI=1S/C92H121F3N18O21S/c1-9-10-22-71-91(131)112(34-36-133-8)52(4)80(120)104-68(45-77(118)119)85(125)108-79(51(2)3)92(132)110(6)72(42-53-17-12-11-13-18-53)86(126)103-65(31-33-97)89(129)113-35-37-134-48-74(113)87(127)106-67(44-57-46-99-63-20-15-14-19-60(57)63)84(124)105-66(40-54-23-27-58(114)28-24-54)83(123)102-64(21-16-32-96)82(122)107-70(81(121)100-47-75(98)116)49-135-50-76(117)101-69(41-56-38-61(93)78(95)62(94)39-56)88(128)111(7)73(90(130)109(71)5)43-55-25-29-59(115)30-26-55/h11-15,17-20,23-30,38-39,46,51-52,64-74,79,99,114-115H,9-10,16,21-22,31-37,40-45,47-50,96-97H2,1-8H3,(H2,98,116)(H,100,121)(H,101,117)(H,102,123)(H,103,126)(H,104,120)(H,105,124)(H,106,127)(H,107,122)(H,108,125)(H,118,119)/t52-,64+,65+,66+,67+,68+,69+,70+,71+,72+,73+,74-,79+/m1/s1. The van der Waals surface area contributed by atoms with E-state index < -0.39 is 253 Å². The summed E-state index contributed by atoms with van der Waals surface area (Å²) in [4.78, 5) is 246. The van der Waals surface area contributed by atoms with Crippen molar-refractivity contribution in [1.82, 2.24) is 77.3 Å². The molecule has 0 unspecified atom stereocenters. The molecule has 0 spiro atoms. The average Bonchev–Trinajstić information content (AvgIpc) is 1.76. The number of carbonyl (C=O) groups excluding carboxylic acids is 15. The summed E-state index contributed by atoms with van der Waals surface area (Å²) in [6, 6.07) is 5.30. The van der Waals surface area contributed by atoms with Crippen LogP contribution >= 0.6 is 11.8 Å². The summed E-state index contributed by atoms with van der Waals surface area (Å²) < 4.78 is 56.4. The van der Waals surface area contributed by atoms with Crippen molar-refractivity contribution in [2.75, 3.05) is 92.3 Å². The Hall–Kier alpha value is -13.3. The Kier molecular flexibility index (Phi) is 41.1. The first-order valence-corrected chi connectivity index (χ1v) is 45.4. The van der Waals surface area contributed by atoms with Crippen LogP contribution in [0, 0.1) is 23.4 Å². The van der Waals surface area contributed by atoms with Gasteiger partial charge in [0.05, 0.1) is 38.5 Å². The van der Waals surface area contributed by atoms with E-state index in [0.29, 0.717) is 57.9 Å². The lowest BCUT2D eigenvalue weighted by molar-refractivity contribution is -0.153. The lowest BCUT2D eigenvalue weighted by atomic mass is 9.98. The Bertz CT molecular complexity index is 5140. The third kappa shape index (κ3) is 30.6. The number of ether oxygens (including phenoxy) is 2. The molecule has 15 amide bonds. The number of aromatic nitrogens is 1. The number of thioether (sulfide) groups is 1. The first-order chi connectivity index (χ1) is 64.3. The second kappa shape index (κ2) is 51.8. The van der Waals surface area contributed by atoms with Crippen molar-refractivity contribution in [3.05, 3.63) is 167 Å². The number of phenols is 2. The number of rotatable bonds is 27. The maximum atomic E-state index is 15.8. The molecule has 13 atom stereocenters. The minimum Gasteiger partial charge on any atom is -0.508 e. The number of carboxylic acids is 1. The van der Waals surface area contributed by atoms with Crippen LogP contribution in [0.25, 0.3) is 10.9 Å². The van der Waals surface area contributed by atoms with E-state index in [2.05, 4.69) is 52.8 Å². The van der Waals surface area contributed by atoms with Crippen LogP contribution in [-0.2, 0) is 118 Å². The van der Waals surface area contributed by atoms with Gasteiger partial charge >= 0.3 is 5.97 Å². The van der Waals surface area contributed by atoms with Gasteiger partial charge in [0.2, 0.25) is 88.6 Å². The number of likely N-dealkylation sites (N-methyl/N-ethyl adjacent to an activating group) is 3. The van der Waals surface area contributed by atoms with Gasteiger partial charge in [0.15, 0.2) is 17.5 Å². The van der Waals surface area contributed by atoms with E-state index in [4.69, 9.17) is 26.7 Å². The number of carbonyl (C=O) groups is 16. The summed E-state index contributed by atoms with van der Waals surface area (Å²) in [6.07, 6.45) is -1.78. The smallest absolute Gasteiger partial charge is 0.305 e. The van der Waals surface area contributed by atoms with E-state index in [1.165, 1.54) is 90.5 Å². The number of hydrogen-bond acceptors (Lipinski definition) is 23. The van der Waals surface area contributed by atoms with Gasteiger partial charge in [-0.1, -0.05) is 106 Å². The van der Waals surface area contributed by atoms with Gasteiger partial charge in [-0.05, 0) is 122 Å². The van der Waals surface area contributed by atoms with E-state index >= 15 is 51.9 Å².